The van der Waals surface area contributed by atoms with Crippen molar-refractivity contribution in [2.45, 2.75) is 33.7 Å². The molecule has 0 aliphatic rings. The number of para-hydroxylation sites is 1. The molecule has 5 heteroatoms. The van der Waals surface area contributed by atoms with Crippen molar-refractivity contribution in [3.63, 3.8) is 0 Å². The number of amides is 1. The lowest BCUT2D eigenvalue weighted by molar-refractivity contribution is -0.116. The van der Waals surface area contributed by atoms with E-state index in [0.717, 1.165) is 27.6 Å². The molecule has 0 aliphatic heterocycles. The highest BCUT2D eigenvalue weighted by Gasteiger charge is 2.12. The second-order valence-electron chi connectivity index (χ2n) is 6.57. The SMILES string of the molecule is Cc1cc(C)c2c(c1)c(C)cc(=O)n2CCC(=O)Nc1ccccc1Cl. The fourth-order valence-electron chi connectivity index (χ4n) is 3.28. The highest BCUT2D eigenvalue weighted by Crippen LogP contribution is 2.23. The first kappa shape index (κ1) is 18.2. The van der Waals surface area contributed by atoms with Crippen molar-refractivity contribution >= 4 is 34.1 Å². The van der Waals surface area contributed by atoms with Gasteiger partial charge in [0.1, 0.15) is 0 Å². The van der Waals surface area contributed by atoms with E-state index in [-0.39, 0.29) is 17.9 Å². The Bertz CT molecular complexity index is 1050. The van der Waals surface area contributed by atoms with Crippen LogP contribution in [0.3, 0.4) is 0 Å². The molecule has 3 aromatic rings. The standard InChI is InChI=1S/C21H21ClN2O2/c1-13-10-15(3)21-16(11-13)14(2)12-20(26)24(21)9-8-19(25)23-18-7-5-4-6-17(18)22/h4-7,10-12H,8-9H2,1-3H3,(H,23,25). The van der Waals surface area contributed by atoms with Gasteiger partial charge in [0.2, 0.25) is 5.91 Å². The Hall–Kier alpha value is -2.59. The number of hydrogen-bond donors (Lipinski definition) is 1. The number of aryl methyl sites for hydroxylation is 4. The first-order valence-corrected chi connectivity index (χ1v) is 8.90. The van der Waals surface area contributed by atoms with Gasteiger partial charge in [-0.3, -0.25) is 9.59 Å². The molecule has 0 fully saturated rings. The van der Waals surface area contributed by atoms with Crippen LogP contribution in [-0.2, 0) is 11.3 Å². The summed E-state index contributed by atoms with van der Waals surface area (Å²) in [5, 5.41) is 4.34. The number of fused-ring (bicyclic) bond motifs is 1. The average Bonchev–Trinajstić information content (AvgIpc) is 2.57. The monoisotopic (exact) mass is 368 g/mol. The van der Waals surface area contributed by atoms with E-state index >= 15 is 0 Å². The summed E-state index contributed by atoms with van der Waals surface area (Å²) in [5.41, 5.74) is 4.52. The first-order chi connectivity index (χ1) is 12.4. The molecule has 1 heterocycles. The van der Waals surface area contributed by atoms with E-state index in [2.05, 4.69) is 17.4 Å². The minimum Gasteiger partial charge on any atom is -0.325 e. The maximum absolute atomic E-state index is 12.5. The smallest absolute Gasteiger partial charge is 0.251 e. The van der Waals surface area contributed by atoms with Crippen LogP contribution in [0.4, 0.5) is 5.69 Å². The average molecular weight is 369 g/mol. The zero-order chi connectivity index (χ0) is 18.8. The van der Waals surface area contributed by atoms with Crippen molar-refractivity contribution in [1.82, 2.24) is 4.57 Å². The van der Waals surface area contributed by atoms with Gasteiger partial charge in [0.15, 0.2) is 0 Å². The van der Waals surface area contributed by atoms with Gasteiger partial charge in [-0.05, 0) is 50.1 Å². The number of benzene rings is 2. The third kappa shape index (κ3) is 3.65. The molecule has 0 radical (unpaired) electrons. The summed E-state index contributed by atoms with van der Waals surface area (Å²) in [6.45, 7) is 6.29. The van der Waals surface area contributed by atoms with Gasteiger partial charge in [-0.25, -0.2) is 0 Å². The van der Waals surface area contributed by atoms with Crippen LogP contribution in [0.2, 0.25) is 5.02 Å². The Morgan fingerprint density at radius 1 is 1.08 bits per heavy atom. The zero-order valence-electron chi connectivity index (χ0n) is 15.1. The molecule has 4 nitrogen and oxygen atoms in total. The first-order valence-electron chi connectivity index (χ1n) is 8.52. The fraction of sp³-hybridized carbons (Fsp3) is 0.238. The highest BCUT2D eigenvalue weighted by molar-refractivity contribution is 6.33. The van der Waals surface area contributed by atoms with Gasteiger partial charge in [0, 0.05) is 24.4 Å². The minimum absolute atomic E-state index is 0.0903. The van der Waals surface area contributed by atoms with Gasteiger partial charge in [-0.1, -0.05) is 35.4 Å². The molecule has 134 valence electrons. The number of anilines is 1. The molecule has 0 aliphatic carbocycles. The predicted molar refractivity (Wildman–Crippen MR) is 107 cm³/mol. The van der Waals surface area contributed by atoms with E-state index < -0.39 is 0 Å². The van der Waals surface area contributed by atoms with E-state index in [1.807, 2.05) is 26.8 Å². The molecule has 3 rings (SSSR count). The van der Waals surface area contributed by atoms with Crippen molar-refractivity contribution in [2.24, 2.45) is 0 Å². The van der Waals surface area contributed by atoms with Gasteiger partial charge in [0.25, 0.3) is 5.56 Å². The number of carbonyl (C=O) groups is 1. The lowest BCUT2D eigenvalue weighted by Crippen LogP contribution is -2.24. The van der Waals surface area contributed by atoms with E-state index in [1.165, 1.54) is 0 Å². The Morgan fingerprint density at radius 3 is 2.54 bits per heavy atom. The maximum atomic E-state index is 12.5. The number of nitrogens with one attached hydrogen (secondary N) is 1. The molecule has 1 aromatic heterocycles. The van der Waals surface area contributed by atoms with E-state index in [1.54, 1.807) is 28.8 Å². The second-order valence-corrected chi connectivity index (χ2v) is 6.98. The molecule has 1 N–H and O–H groups in total. The quantitative estimate of drug-likeness (QED) is 0.731. The molecule has 0 spiro atoms. The summed E-state index contributed by atoms with van der Waals surface area (Å²) in [6.07, 6.45) is 0.191. The number of nitrogens with zero attached hydrogens (tertiary/aromatic N) is 1. The molecule has 0 saturated heterocycles. The van der Waals surface area contributed by atoms with Crippen molar-refractivity contribution < 1.29 is 4.79 Å². The number of hydrogen-bond acceptors (Lipinski definition) is 2. The highest BCUT2D eigenvalue weighted by atomic mass is 35.5. The van der Waals surface area contributed by atoms with Crippen LogP contribution in [-0.4, -0.2) is 10.5 Å². The molecule has 0 bridgehead atoms. The van der Waals surface area contributed by atoms with Crippen molar-refractivity contribution in [1.29, 1.82) is 0 Å². The fourth-order valence-corrected chi connectivity index (χ4v) is 3.46. The summed E-state index contributed by atoms with van der Waals surface area (Å²) in [5.74, 6) is -0.177. The largest absolute Gasteiger partial charge is 0.325 e. The molecule has 26 heavy (non-hydrogen) atoms. The van der Waals surface area contributed by atoms with Crippen LogP contribution in [0.15, 0.2) is 47.3 Å². The van der Waals surface area contributed by atoms with Crippen LogP contribution >= 0.6 is 11.6 Å². The number of carbonyl (C=O) groups excluding carboxylic acids is 1. The Morgan fingerprint density at radius 2 is 1.81 bits per heavy atom. The normalized spacial score (nSPS) is 10.9. The molecule has 1 amide bonds. The van der Waals surface area contributed by atoms with Gasteiger partial charge in [0.05, 0.1) is 16.2 Å². The third-order valence-corrected chi connectivity index (χ3v) is 4.79. The molecule has 0 atom stereocenters. The molecule has 2 aromatic carbocycles. The summed E-state index contributed by atoms with van der Waals surface area (Å²) in [4.78, 5) is 24.8. The summed E-state index contributed by atoms with van der Waals surface area (Å²) in [7, 11) is 0. The number of rotatable bonds is 4. The Kier molecular flexibility index (Phi) is 5.14. The van der Waals surface area contributed by atoms with Crippen molar-refractivity contribution in [2.75, 3.05) is 5.32 Å². The topological polar surface area (TPSA) is 51.1 Å². The third-order valence-electron chi connectivity index (χ3n) is 4.46. The Balaban J connectivity index is 1.88. The summed E-state index contributed by atoms with van der Waals surface area (Å²) in [6, 6.07) is 12.9. The zero-order valence-corrected chi connectivity index (χ0v) is 15.9. The van der Waals surface area contributed by atoms with Gasteiger partial charge in [-0.15, -0.1) is 0 Å². The van der Waals surface area contributed by atoms with Crippen molar-refractivity contribution in [3.05, 3.63) is 74.5 Å². The summed E-state index contributed by atoms with van der Waals surface area (Å²) >= 11 is 6.07. The van der Waals surface area contributed by atoms with E-state index in [4.69, 9.17) is 11.6 Å². The minimum atomic E-state index is -0.177. The molecular formula is C21H21ClN2O2. The number of pyridine rings is 1. The van der Waals surface area contributed by atoms with Crippen LogP contribution in [0.25, 0.3) is 10.9 Å². The molecule has 0 unspecified atom stereocenters. The van der Waals surface area contributed by atoms with Crippen LogP contribution in [0.1, 0.15) is 23.1 Å². The number of aromatic nitrogens is 1. The Labute approximate surface area is 157 Å². The molecular weight excluding hydrogens is 348 g/mol. The van der Waals surface area contributed by atoms with Crippen LogP contribution < -0.4 is 10.9 Å². The van der Waals surface area contributed by atoms with E-state index in [9.17, 15) is 9.59 Å². The lowest BCUT2D eigenvalue weighted by atomic mass is 10.0. The van der Waals surface area contributed by atoms with Crippen LogP contribution in [0.5, 0.6) is 0 Å². The number of halogens is 1. The summed E-state index contributed by atoms with van der Waals surface area (Å²) < 4.78 is 1.68. The van der Waals surface area contributed by atoms with Gasteiger partial charge < -0.3 is 9.88 Å². The predicted octanol–water partition coefficient (Wildman–Crippen LogP) is 4.61. The van der Waals surface area contributed by atoms with Gasteiger partial charge >= 0.3 is 0 Å². The molecule has 0 saturated carbocycles. The van der Waals surface area contributed by atoms with Crippen molar-refractivity contribution in [3.8, 4) is 0 Å². The van der Waals surface area contributed by atoms with E-state index in [0.29, 0.717) is 17.3 Å². The van der Waals surface area contributed by atoms with Crippen LogP contribution in [0, 0.1) is 20.8 Å². The lowest BCUT2D eigenvalue weighted by Gasteiger charge is -2.15. The maximum Gasteiger partial charge on any atom is 0.251 e. The second kappa shape index (κ2) is 7.34. The van der Waals surface area contributed by atoms with Gasteiger partial charge in [-0.2, -0.15) is 0 Å².